The maximum absolute atomic E-state index is 13.7. The largest absolute Gasteiger partial charge is 0.345 e. The average Bonchev–Trinajstić information content (AvgIpc) is 2.47. The van der Waals surface area contributed by atoms with Gasteiger partial charge in [0.1, 0.15) is 5.82 Å². The molecule has 20 heavy (non-hydrogen) atoms. The Morgan fingerprint density at radius 2 is 1.95 bits per heavy atom. The lowest BCUT2D eigenvalue weighted by molar-refractivity contribution is 0.0936. The predicted molar refractivity (Wildman–Crippen MR) is 73.4 cm³/mol. The lowest BCUT2D eigenvalue weighted by Crippen LogP contribution is -2.27. The van der Waals surface area contributed by atoms with E-state index in [1.54, 1.807) is 0 Å². The monoisotopic (exact) mass is 268 g/mol. The first-order chi connectivity index (χ1) is 9.61. The number of carbonyl (C=O) groups is 1. The molecular formula is C16H13FN2O. The molecule has 0 aromatic heterocycles. The summed E-state index contributed by atoms with van der Waals surface area (Å²) in [4.78, 5) is 12.0. The van der Waals surface area contributed by atoms with Crippen molar-refractivity contribution in [3.63, 3.8) is 0 Å². The molecule has 0 aliphatic rings. The fourth-order valence-electron chi connectivity index (χ4n) is 1.87. The zero-order valence-corrected chi connectivity index (χ0v) is 10.9. The van der Waals surface area contributed by atoms with Crippen molar-refractivity contribution >= 4 is 5.91 Å². The lowest BCUT2D eigenvalue weighted by atomic mass is 10.1. The van der Waals surface area contributed by atoms with Crippen molar-refractivity contribution in [2.24, 2.45) is 0 Å². The summed E-state index contributed by atoms with van der Waals surface area (Å²) in [5.41, 5.74) is 1.07. The quantitative estimate of drug-likeness (QED) is 0.929. The molecule has 0 spiro atoms. The highest BCUT2D eigenvalue weighted by Gasteiger charge is 2.15. The van der Waals surface area contributed by atoms with Gasteiger partial charge in [0.15, 0.2) is 0 Å². The topological polar surface area (TPSA) is 52.9 Å². The number of rotatable bonds is 3. The molecule has 0 fully saturated rings. The van der Waals surface area contributed by atoms with E-state index >= 15 is 0 Å². The van der Waals surface area contributed by atoms with Gasteiger partial charge in [-0.2, -0.15) is 5.26 Å². The van der Waals surface area contributed by atoms with E-state index in [9.17, 15) is 9.18 Å². The van der Waals surface area contributed by atoms with Gasteiger partial charge in [0, 0.05) is 0 Å². The Morgan fingerprint density at radius 3 is 2.55 bits per heavy atom. The van der Waals surface area contributed by atoms with Gasteiger partial charge >= 0.3 is 0 Å². The summed E-state index contributed by atoms with van der Waals surface area (Å²) >= 11 is 0. The van der Waals surface area contributed by atoms with E-state index in [1.807, 2.05) is 43.3 Å². The second kappa shape index (κ2) is 5.98. The van der Waals surface area contributed by atoms with Crippen LogP contribution >= 0.6 is 0 Å². The van der Waals surface area contributed by atoms with Crippen molar-refractivity contribution in [3.05, 3.63) is 71.0 Å². The Morgan fingerprint density at radius 1 is 1.25 bits per heavy atom. The van der Waals surface area contributed by atoms with E-state index < -0.39 is 11.7 Å². The molecule has 1 atom stereocenters. The number of benzene rings is 2. The second-order valence-corrected chi connectivity index (χ2v) is 4.41. The highest BCUT2D eigenvalue weighted by Crippen LogP contribution is 2.14. The Hall–Kier alpha value is -2.67. The van der Waals surface area contributed by atoms with Crippen LogP contribution in [0.3, 0.4) is 0 Å². The Labute approximate surface area is 116 Å². The van der Waals surface area contributed by atoms with E-state index in [-0.39, 0.29) is 17.2 Å². The Bertz CT molecular complexity index is 662. The number of amides is 1. The number of hydrogen-bond acceptors (Lipinski definition) is 2. The van der Waals surface area contributed by atoms with Crippen LogP contribution < -0.4 is 5.32 Å². The molecule has 1 amide bonds. The molecule has 100 valence electrons. The van der Waals surface area contributed by atoms with E-state index in [2.05, 4.69) is 5.32 Å². The van der Waals surface area contributed by atoms with Gasteiger partial charge in [0.2, 0.25) is 0 Å². The van der Waals surface area contributed by atoms with Crippen LogP contribution in [0.1, 0.15) is 34.5 Å². The highest BCUT2D eigenvalue weighted by molar-refractivity contribution is 5.94. The molecule has 2 rings (SSSR count). The van der Waals surface area contributed by atoms with Gasteiger partial charge in [-0.05, 0) is 30.7 Å². The van der Waals surface area contributed by atoms with Crippen molar-refractivity contribution in [1.29, 1.82) is 5.26 Å². The maximum Gasteiger partial charge on any atom is 0.254 e. The smallest absolute Gasteiger partial charge is 0.254 e. The zero-order chi connectivity index (χ0) is 14.5. The number of nitrogens with one attached hydrogen (secondary N) is 1. The number of hydrogen-bond donors (Lipinski definition) is 1. The molecule has 0 aliphatic heterocycles. The number of nitrogens with zero attached hydrogens (tertiary/aromatic N) is 1. The summed E-state index contributed by atoms with van der Waals surface area (Å²) in [6.07, 6.45) is 0. The van der Waals surface area contributed by atoms with Gasteiger partial charge in [0.05, 0.1) is 23.2 Å². The minimum Gasteiger partial charge on any atom is -0.345 e. The molecule has 0 bridgehead atoms. The molecule has 2 aromatic rings. The highest BCUT2D eigenvalue weighted by atomic mass is 19.1. The van der Waals surface area contributed by atoms with Crippen LogP contribution in [0.15, 0.2) is 48.5 Å². The fraction of sp³-hybridized carbons (Fsp3) is 0.125. The van der Waals surface area contributed by atoms with Gasteiger partial charge in [-0.25, -0.2) is 4.39 Å². The molecule has 2 aromatic carbocycles. The van der Waals surface area contributed by atoms with Gasteiger partial charge in [-0.3, -0.25) is 4.79 Å². The van der Waals surface area contributed by atoms with Gasteiger partial charge < -0.3 is 5.32 Å². The van der Waals surface area contributed by atoms with Crippen LogP contribution in [-0.4, -0.2) is 5.91 Å². The summed E-state index contributed by atoms with van der Waals surface area (Å²) in [5, 5.41) is 11.4. The molecule has 0 aliphatic carbocycles. The van der Waals surface area contributed by atoms with E-state index in [1.165, 1.54) is 12.1 Å². The van der Waals surface area contributed by atoms with Crippen molar-refractivity contribution in [2.75, 3.05) is 0 Å². The third-order valence-corrected chi connectivity index (χ3v) is 2.99. The van der Waals surface area contributed by atoms with Crippen LogP contribution in [0.4, 0.5) is 4.39 Å². The molecule has 0 radical (unpaired) electrons. The molecular weight excluding hydrogens is 255 g/mol. The molecule has 0 heterocycles. The van der Waals surface area contributed by atoms with E-state index in [0.29, 0.717) is 0 Å². The lowest BCUT2D eigenvalue weighted by Gasteiger charge is -2.14. The van der Waals surface area contributed by atoms with Crippen molar-refractivity contribution in [1.82, 2.24) is 5.32 Å². The summed E-state index contributed by atoms with van der Waals surface area (Å²) < 4.78 is 13.7. The number of nitriles is 1. The van der Waals surface area contributed by atoms with Gasteiger partial charge in [0.25, 0.3) is 5.91 Å². The average molecular weight is 268 g/mol. The molecule has 1 unspecified atom stereocenters. The van der Waals surface area contributed by atoms with E-state index in [0.717, 1.165) is 11.6 Å². The third-order valence-electron chi connectivity index (χ3n) is 2.99. The second-order valence-electron chi connectivity index (χ2n) is 4.41. The molecule has 0 saturated carbocycles. The first kappa shape index (κ1) is 13.8. The SMILES string of the molecule is CC(NC(=O)c1ccc(C#N)cc1F)c1ccccc1. The maximum atomic E-state index is 13.7. The van der Waals surface area contributed by atoms with Crippen LogP contribution in [0.2, 0.25) is 0 Å². The van der Waals surface area contributed by atoms with Crippen molar-refractivity contribution in [3.8, 4) is 6.07 Å². The minimum atomic E-state index is -0.693. The molecule has 1 N–H and O–H groups in total. The standard InChI is InChI=1S/C16H13FN2O/c1-11(13-5-3-2-4-6-13)19-16(20)14-8-7-12(10-18)9-15(14)17/h2-9,11H,1H3,(H,19,20). The fourth-order valence-corrected chi connectivity index (χ4v) is 1.87. The summed E-state index contributed by atoms with van der Waals surface area (Å²) in [5.74, 6) is -1.19. The van der Waals surface area contributed by atoms with E-state index in [4.69, 9.17) is 5.26 Å². The first-order valence-electron chi connectivity index (χ1n) is 6.17. The summed E-state index contributed by atoms with van der Waals surface area (Å²) in [6, 6.07) is 14.8. The summed E-state index contributed by atoms with van der Waals surface area (Å²) in [7, 11) is 0. The molecule has 0 saturated heterocycles. The van der Waals surface area contributed by atoms with Gasteiger partial charge in [-0.1, -0.05) is 30.3 Å². The van der Waals surface area contributed by atoms with Crippen molar-refractivity contribution in [2.45, 2.75) is 13.0 Å². The van der Waals surface area contributed by atoms with Crippen LogP contribution in [-0.2, 0) is 0 Å². The normalized spacial score (nSPS) is 11.4. The Balaban J connectivity index is 2.15. The van der Waals surface area contributed by atoms with Gasteiger partial charge in [-0.15, -0.1) is 0 Å². The number of halogens is 1. The molecule has 4 heteroatoms. The third kappa shape index (κ3) is 3.01. The van der Waals surface area contributed by atoms with Crippen LogP contribution in [0.5, 0.6) is 0 Å². The Kier molecular flexibility index (Phi) is 4.11. The molecule has 3 nitrogen and oxygen atoms in total. The van der Waals surface area contributed by atoms with Crippen LogP contribution in [0, 0.1) is 17.1 Å². The number of carbonyl (C=O) groups excluding carboxylic acids is 1. The van der Waals surface area contributed by atoms with Crippen molar-refractivity contribution < 1.29 is 9.18 Å². The summed E-state index contributed by atoms with van der Waals surface area (Å²) in [6.45, 7) is 1.83. The predicted octanol–water partition coefficient (Wildman–Crippen LogP) is 3.19. The minimum absolute atomic E-state index is 0.0632. The van der Waals surface area contributed by atoms with Crippen LogP contribution in [0.25, 0.3) is 0 Å². The first-order valence-corrected chi connectivity index (χ1v) is 6.17. The zero-order valence-electron chi connectivity index (χ0n) is 10.9.